The molecule has 0 saturated carbocycles. The van der Waals surface area contributed by atoms with Gasteiger partial charge in [0, 0.05) is 6.42 Å². The summed E-state index contributed by atoms with van der Waals surface area (Å²) in [6.45, 7) is 2.11. The van der Waals surface area contributed by atoms with Gasteiger partial charge in [-0.3, -0.25) is 9.59 Å². The van der Waals surface area contributed by atoms with Gasteiger partial charge in [0.05, 0.1) is 13.2 Å². The van der Waals surface area contributed by atoms with Crippen LogP contribution < -0.4 is 0 Å². The van der Waals surface area contributed by atoms with Gasteiger partial charge in [0.2, 0.25) is 0 Å². The average Bonchev–Trinajstić information content (AvgIpc) is 2.67. The Bertz CT molecular complexity index is 411. The van der Waals surface area contributed by atoms with E-state index in [0.29, 0.717) is 19.3 Å². The van der Waals surface area contributed by atoms with Gasteiger partial charge in [-0.15, -0.1) is 11.6 Å². The number of hydrogen-bond acceptors (Lipinski definition) is 5. The summed E-state index contributed by atoms with van der Waals surface area (Å²) >= 11 is 5.50. The van der Waals surface area contributed by atoms with Gasteiger partial charge in [-0.2, -0.15) is 0 Å². The van der Waals surface area contributed by atoms with Crippen molar-refractivity contribution in [2.75, 3.05) is 13.0 Å². The van der Waals surface area contributed by atoms with E-state index in [-0.39, 0.29) is 11.8 Å². The van der Waals surface area contributed by atoms with Crippen LogP contribution in [0.25, 0.3) is 0 Å². The summed E-state index contributed by atoms with van der Waals surface area (Å²) < 4.78 is 9.89. The molecule has 0 aliphatic carbocycles. The molecule has 0 fully saturated rings. The average molecular weight is 405 g/mol. The Morgan fingerprint density at radius 3 is 2.37 bits per heavy atom. The summed E-state index contributed by atoms with van der Waals surface area (Å²) in [6, 6.07) is 0. The second kappa shape index (κ2) is 18.3. The zero-order valence-corrected chi connectivity index (χ0v) is 17.7. The number of alkyl halides is 1. The first kappa shape index (κ1) is 25.9. The van der Waals surface area contributed by atoms with Crippen molar-refractivity contribution in [3.8, 4) is 0 Å². The molecule has 5 nitrogen and oxygen atoms in total. The van der Waals surface area contributed by atoms with Crippen molar-refractivity contribution in [3.05, 3.63) is 12.2 Å². The summed E-state index contributed by atoms with van der Waals surface area (Å²) in [5, 5.41) is 10.3. The topological polar surface area (TPSA) is 72.8 Å². The van der Waals surface area contributed by atoms with Crippen molar-refractivity contribution in [2.24, 2.45) is 0 Å². The first-order valence-electron chi connectivity index (χ1n) is 10.2. The van der Waals surface area contributed by atoms with Crippen molar-refractivity contribution in [1.82, 2.24) is 0 Å². The van der Waals surface area contributed by atoms with Crippen molar-refractivity contribution in [1.29, 1.82) is 0 Å². The molecule has 0 heterocycles. The lowest BCUT2D eigenvalue weighted by molar-refractivity contribution is -0.152. The third-order valence-corrected chi connectivity index (χ3v) is 4.66. The van der Waals surface area contributed by atoms with Crippen molar-refractivity contribution in [3.63, 3.8) is 0 Å². The molecule has 0 saturated heterocycles. The number of aliphatic hydroxyl groups excluding tert-OH is 1. The van der Waals surface area contributed by atoms with Gasteiger partial charge in [0.25, 0.3) is 0 Å². The van der Waals surface area contributed by atoms with Crippen molar-refractivity contribution >= 4 is 23.5 Å². The number of methoxy groups -OCH3 is 1. The van der Waals surface area contributed by atoms with Crippen LogP contribution in [0.15, 0.2) is 12.2 Å². The second-order valence-corrected chi connectivity index (χ2v) is 7.08. The highest BCUT2D eigenvalue weighted by molar-refractivity contribution is 6.26. The lowest BCUT2D eigenvalue weighted by Crippen LogP contribution is -2.31. The summed E-state index contributed by atoms with van der Waals surface area (Å²) in [5.74, 6) is -0.804. The van der Waals surface area contributed by atoms with Crippen LogP contribution in [0.1, 0.15) is 84.0 Å². The van der Waals surface area contributed by atoms with Crippen LogP contribution in [0.3, 0.4) is 0 Å². The van der Waals surface area contributed by atoms with E-state index in [1.165, 1.54) is 7.11 Å². The van der Waals surface area contributed by atoms with E-state index in [4.69, 9.17) is 16.3 Å². The Balaban J connectivity index is 3.90. The van der Waals surface area contributed by atoms with Crippen LogP contribution >= 0.6 is 11.6 Å². The number of rotatable bonds is 17. The van der Waals surface area contributed by atoms with Crippen LogP contribution in [0.5, 0.6) is 0 Å². The molecule has 0 spiro atoms. The molecule has 0 aliphatic heterocycles. The number of aliphatic hydroxyl groups is 1. The van der Waals surface area contributed by atoms with Crippen LogP contribution in [0, 0.1) is 0 Å². The van der Waals surface area contributed by atoms with Crippen LogP contribution in [-0.4, -0.2) is 42.2 Å². The van der Waals surface area contributed by atoms with E-state index in [9.17, 15) is 14.7 Å². The summed E-state index contributed by atoms with van der Waals surface area (Å²) in [7, 11) is 1.42. The van der Waals surface area contributed by atoms with Gasteiger partial charge < -0.3 is 14.6 Å². The van der Waals surface area contributed by atoms with E-state index in [0.717, 1.165) is 57.8 Å². The molecule has 158 valence electrons. The molecule has 0 amide bonds. The second-order valence-electron chi connectivity index (χ2n) is 6.81. The van der Waals surface area contributed by atoms with Crippen LogP contribution in [0.4, 0.5) is 0 Å². The van der Waals surface area contributed by atoms with Crippen LogP contribution in [-0.2, 0) is 19.1 Å². The number of hydrogen-bond donors (Lipinski definition) is 1. The monoisotopic (exact) mass is 404 g/mol. The lowest BCUT2D eigenvalue weighted by Gasteiger charge is -2.22. The van der Waals surface area contributed by atoms with E-state index in [2.05, 4.69) is 17.7 Å². The highest BCUT2D eigenvalue weighted by Crippen LogP contribution is 2.15. The number of esters is 2. The predicted molar refractivity (Wildman–Crippen MR) is 109 cm³/mol. The quantitative estimate of drug-likeness (QED) is 0.161. The van der Waals surface area contributed by atoms with Gasteiger partial charge in [-0.1, -0.05) is 51.2 Å². The Morgan fingerprint density at radius 1 is 1.00 bits per heavy atom. The number of unbranched alkanes of at least 4 members (excludes halogenated alkanes) is 7. The third kappa shape index (κ3) is 15.7. The van der Waals surface area contributed by atoms with Crippen molar-refractivity contribution < 1.29 is 24.2 Å². The Kier molecular flexibility index (Phi) is 17.6. The zero-order chi connectivity index (χ0) is 20.3. The molecule has 2 unspecified atom stereocenters. The molecule has 1 N–H and O–H groups in total. The summed E-state index contributed by atoms with van der Waals surface area (Å²) in [6.07, 6.45) is 13.8. The molecular formula is C21H37ClO5. The molecule has 27 heavy (non-hydrogen) atoms. The molecule has 0 aromatic heterocycles. The number of ether oxygens (including phenoxy) is 2. The largest absolute Gasteiger partial charge is 0.469 e. The Hall–Kier alpha value is -1.07. The van der Waals surface area contributed by atoms with E-state index in [1.807, 2.05) is 6.08 Å². The molecule has 0 rings (SSSR count). The van der Waals surface area contributed by atoms with Gasteiger partial charge in [0.1, 0.15) is 12.0 Å². The Morgan fingerprint density at radius 2 is 1.70 bits per heavy atom. The molecule has 0 radical (unpaired) electrons. The molecule has 0 bridgehead atoms. The smallest absolute Gasteiger partial charge is 0.321 e. The van der Waals surface area contributed by atoms with Gasteiger partial charge >= 0.3 is 11.9 Å². The number of carbonyl (C=O) groups excluding carboxylic acids is 2. The lowest BCUT2D eigenvalue weighted by atomic mass is 10.0. The highest BCUT2D eigenvalue weighted by atomic mass is 35.5. The highest BCUT2D eigenvalue weighted by Gasteiger charge is 2.21. The molecule has 0 aliphatic rings. The minimum atomic E-state index is -0.691. The maximum absolute atomic E-state index is 11.4. The molecule has 0 aromatic carbocycles. The fraction of sp³-hybridized carbons (Fsp3) is 0.810. The van der Waals surface area contributed by atoms with E-state index in [1.54, 1.807) is 0 Å². The minimum absolute atomic E-state index is 0.138. The van der Waals surface area contributed by atoms with Gasteiger partial charge in [0.15, 0.2) is 0 Å². The molecule has 2 atom stereocenters. The first-order chi connectivity index (χ1) is 13.0. The summed E-state index contributed by atoms with van der Waals surface area (Å²) in [4.78, 5) is 22.4. The maximum atomic E-state index is 11.4. The molecule has 0 aromatic rings. The Labute approximate surface area is 169 Å². The fourth-order valence-corrected chi connectivity index (χ4v) is 2.86. The number of carbonyl (C=O) groups is 2. The third-order valence-electron chi connectivity index (χ3n) is 4.44. The van der Waals surface area contributed by atoms with E-state index >= 15 is 0 Å². The normalized spacial score (nSPS) is 13.5. The van der Waals surface area contributed by atoms with Gasteiger partial charge in [-0.05, 0) is 38.5 Å². The van der Waals surface area contributed by atoms with Crippen LogP contribution in [0.2, 0.25) is 0 Å². The number of halogens is 1. The zero-order valence-electron chi connectivity index (χ0n) is 17.0. The standard InChI is InChI=1S/C21H37ClO5/c1-3-4-11-15-19(27-21(25)17-22)18(23)14-12-9-7-5-6-8-10-13-16-20(24)26-2/h9,12,18-19,23H,3-8,10-11,13-17H2,1-2H3/b12-9-. The first-order valence-corrected chi connectivity index (χ1v) is 10.7. The minimum Gasteiger partial charge on any atom is -0.469 e. The predicted octanol–water partition coefficient (Wildman–Crippen LogP) is 4.93. The fourth-order valence-electron chi connectivity index (χ4n) is 2.79. The van der Waals surface area contributed by atoms with E-state index < -0.39 is 18.2 Å². The van der Waals surface area contributed by atoms with Gasteiger partial charge in [-0.25, -0.2) is 0 Å². The number of allylic oxidation sites excluding steroid dienone is 1. The maximum Gasteiger partial charge on any atom is 0.321 e. The van der Waals surface area contributed by atoms with Crippen molar-refractivity contribution in [2.45, 2.75) is 96.2 Å². The molecular weight excluding hydrogens is 368 g/mol. The summed E-state index contributed by atoms with van der Waals surface area (Å²) in [5.41, 5.74) is 0. The SMILES string of the molecule is CCCCCC(OC(=O)CCl)C(O)C/C=C\CCCCCCCC(=O)OC. The molecule has 6 heteroatoms.